The van der Waals surface area contributed by atoms with E-state index in [0.29, 0.717) is 13.2 Å². The van der Waals surface area contributed by atoms with E-state index in [9.17, 15) is 9.18 Å². The van der Waals surface area contributed by atoms with Crippen molar-refractivity contribution in [1.29, 1.82) is 0 Å². The number of carboxylic acids is 1. The summed E-state index contributed by atoms with van der Waals surface area (Å²) in [7, 11) is 0. The molecule has 33 heavy (non-hydrogen) atoms. The third-order valence-corrected chi connectivity index (χ3v) is 5.41. The molecule has 1 heterocycles. The molecule has 1 aromatic heterocycles. The predicted octanol–water partition coefficient (Wildman–Crippen LogP) is 5.94. The second-order valence-corrected chi connectivity index (χ2v) is 7.93. The standard InChI is InChI=1S/C27H25FN2O3/c1-2-3-22(15-27(31)32)21-8-12-25(13-9-21)33-18-20-4-7-23-17-30(29-26(23)14-20)16-19-5-10-24(28)11-6-19/h2-14,17,22H,15-16,18H2,1H3,(H,31,32)/t22-/m1/s1. The van der Waals surface area contributed by atoms with Gasteiger partial charge >= 0.3 is 5.97 Å². The minimum absolute atomic E-state index is 0.0539. The lowest BCUT2D eigenvalue weighted by Gasteiger charge is -2.12. The maximum absolute atomic E-state index is 13.1. The zero-order valence-corrected chi connectivity index (χ0v) is 18.3. The fourth-order valence-corrected chi connectivity index (χ4v) is 3.76. The Hall–Kier alpha value is -3.93. The average molecular weight is 445 g/mol. The number of allylic oxidation sites excluding steroid dienone is 2. The van der Waals surface area contributed by atoms with Crippen LogP contribution in [0.5, 0.6) is 5.75 Å². The number of benzene rings is 3. The highest BCUT2D eigenvalue weighted by atomic mass is 19.1. The highest BCUT2D eigenvalue weighted by molar-refractivity contribution is 5.78. The van der Waals surface area contributed by atoms with Gasteiger partial charge in [-0.3, -0.25) is 9.48 Å². The van der Waals surface area contributed by atoms with Gasteiger partial charge in [0.25, 0.3) is 0 Å². The van der Waals surface area contributed by atoms with Crippen LogP contribution in [0.15, 0.2) is 85.1 Å². The third-order valence-electron chi connectivity index (χ3n) is 5.41. The van der Waals surface area contributed by atoms with Crippen molar-refractivity contribution in [3.05, 3.63) is 108 Å². The topological polar surface area (TPSA) is 64.3 Å². The van der Waals surface area contributed by atoms with Crippen molar-refractivity contribution < 1.29 is 19.0 Å². The molecule has 0 radical (unpaired) electrons. The van der Waals surface area contributed by atoms with Crippen molar-refractivity contribution in [3.63, 3.8) is 0 Å². The Labute approximate surface area is 191 Å². The van der Waals surface area contributed by atoms with Crippen LogP contribution >= 0.6 is 0 Å². The summed E-state index contributed by atoms with van der Waals surface area (Å²) in [5.74, 6) is -0.514. The Morgan fingerprint density at radius 1 is 1.09 bits per heavy atom. The highest BCUT2D eigenvalue weighted by Crippen LogP contribution is 2.25. The lowest BCUT2D eigenvalue weighted by Crippen LogP contribution is -2.04. The second-order valence-electron chi connectivity index (χ2n) is 7.93. The molecule has 0 aliphatic rings. The summed E-state index contributed by atoms with van der Waals surface area (Å²) < 4.78 is 20.9. The summed E-state index contributed by atoms with van der Waals surface area (Å²) in [5.41, 5.74) is 3.79. The summed E-state index contributed by atoms with van der Waals surface area (Å²) in [6, 6.07) is 20.0. The molecule has 5 nitrogen and oxygen atoms in total. The van der Waals surface area contributed by atoms with Crippen LogP contribution in [0.1, 0.15) is 36.0 Å². The molecule has 1 N–H and O–H groups in total. The molecule has 4 rings (SSSR count). The van der Waals surface area contributed by atoms with E-state index in [1.54, 1.807) is 12.1 Å². The maximum atomic E-state index is 13.1. The number of ether oxygens (including phenoxy) is 1. The zero-order valence-electron chi connectivity index (χ0n) is 18.3. The van der Waals surface area contributed by atoms with Crippen molar-refractivity contribution in [2.75, 3.05) is 0 Å². The summed E-state index contributed by atoms with van der Waals surface area (Å²) in [5, 5.41) is 14.8. The van der Waals surface area contributed by atoms with Gasteiger partial charge in [-0.05, 0) is 53.9 Å². The van der Waals surface area contributed by atoms with Crippen LogP contribution < -0.4 is 4.74 Å². The van der Waals surface area contributed by atoms with E-state index < -0.39 is 5.97 Å². The van der Waals surface area contributed by atoms with E-state index in [2.05, 4.69) is 5.10 Å². The van der Waals surface area contributed by atoms with Crippen LogP contribution in [0, 0.1) is 5.82 Å². The Kier molecular flexibility index (Phi) is 6.83. The summed E-state index contributed by atoms with van der Waals surface area (Å²) in [6.07, 6.45) is 5.79. The molecular weight excluding hydrogens is 419 g/mol. The molecule has 4 aromatic rings. The van der Waals surface area contributed by atoms with Crippen LogP contribution in [-0.2, 0) is 17.9 Å². The number of fused-ring (bicyclic) bond motifs is 1. The minimum atomic E-state index is -0.825. The zero-order chi connectivity index (χ0) is 23.2. The van der Waals surface area contributed by atoms with Crippen molar-refractivity contribution in [3.8, 4) is 5.75 Å². The number of carboxylic acid groups (broad SMARTS) is 1. The van der Waals surface area contributed by atoms with E-state index >= 15 is 0 Å². The van der Waals surface area contributed by atoms with Crippen LogP contribution in [0.4, 0.5) is 4.39 Å². The number of nitrogens with zero attached hydrogens (tertiary/aromatic N) is 2. The van der Waals surface area contributed by atoms with Gasteiger partial charge in [0, 0.05) is 17.5 Å². The Morgan fingerprint density at radius 2 is 1.82 bits per heavy atom. The number of aliphatic carboxylic acids is 1. The molecule has 0 fully saturated rings. The summed E-state index contributed by atoms with van der Waals surface area (Å²) in [6.45, 7) is 2.85. The van der Waals surface area contributed by atoms with Gasteiger partial charge < -0.3 is 9.84 Å². The smallest absolute Gasteiger partial charge is 0.304 e. The monoisotopic (exact) mass is 444 g/mol. The Bertz CT molecular complexity index is 1260. The Morgan fingerprint density at radius 3 is 2.52 bits per heavy atom. The predicted molar refractivity (Wildman–Crippen MR) is 126 cm³/mol. The van der Waals surface area contributed by atoms with Crippen molar-refractivity contribution in [2.45, 2.75) is 32.4 Å². The van der Waals surface area contributed by atoms with Crippen molar-refractivity contribution in [1.82, 2.24) is 9.78 Å². The van der Waals surface area contributed by atoms with Crippen molar-refractivity contribution in [2.24, 2.45) is 0 Å². The quantitative estimate of drug-likeness (QED) is 0.325. The molecule has 6 heteroatoms. The van der Waals surface area contributed by atoms with E-state index in [1.807, 2.05) is 72.4 Å². The van der Waals surface area contributed by atoms with E-state index in [0.717, 1.165) is 33.3 Å². The molecule has 0 amide bonds. The number of rotatable bonds is 9. The first-order valence-electron chi connectivity index (χ1n) is 10.8. The van der Waals surface area contributed by atoms with Gasteiger partial charge in [-0.15, -0.1) is 0 Å². The van der Waals surface area contributed by atoms with E-state index in [1.165, 1.54) is 12.1 Å². The lowest BCUT2D eigenvalue weighted by molar-refractivity contribution is -0.137. The van der Waals surface area contributed by atoms with Gasteiger partial charge in [0.2, 0.25) is 0 Å². The second kappa shape index (κ2) is 10.1. The number of halogens is 1. The molecule has 0 bridgehead atoms. The van der Waals surface area contributed by atoms with Gasteiger partial charge in [-0.25, -0.2) is 4.39 Å². The van der Waals surface area contributed by atoms with Gasteiger partial charge in [-0.2, -0.15) is 5.10 Å². The van der Waals surface area contributed by atoms with Crippen LogP contribution in [-0.4, -0.2) is 20.9 Å². The highest BCUT2D eigenvalue weighted by Gasteiger charge is 2.12. The SMILES string of the molecule is CC=C[C@H](CC(=O)O)c1ccc(OCc2ccc3cn(Cc4ccc(F)cc4)nc3c2)cc1. The molecule has 0 spiro atoms. The molecule has 0 saturated heterocycles. The summed E-state index contributed by atoms with van der Waals surface area (Å²) >= 11 is 0. The molecule has 0 saturated carbocycles. The molecule has 1 atom stereocenters. The van der Waals surface area contributed by atoms with Crippen molar-refractivity contribution >= 4 is 16.9 Å². The maximum Gasteiger partial charge on any atom is 0.304 e. The molecule has 0 aliphatic carbocycles. The van der Waals surface area contributed by atoms with Gasteiger partial charge in [0.1, 0.15) is 18.2 Å². The molecular formula is C27H25FN2O3. The lowest BCUT2D eigenvalue weighted by atomic mass is 9.95. The number of carbonyl (C=O) groups is 1. The first-order valence-corrected chi connectivity index (χ1v) is 10.8. The number of aromatic nitrogens is 2. The van der Waals surface area contributed by atoms with Crippen LogP contribution in [0.2, 0.25) is 0 Å². The van der Waals surface area contributed by atoms with Crippen LogP contribution in [0.25, 0.3) is 10.9 Å². The van der Waals surface area contributed by atoms with Crippen LogP contribution in [0.3, 0.4) is 0 Å². The van der Waals surface area contributed by atoms with Gasteiger partial charge in [0.05, 0.1) is 18.5 Å². The van der Waals surface area contributed by atoms with Gasteiger partial charge in [-0.1, -0.05) is 48.6 Å². The summed E-state index contributed by atoms with van der Waals surface area (Å²) in [4.78, 5) is 11.1. The normalized spacial score (nSPS) is 12.3. The molecule has 0 unspecified atom stereocenters. The molecule has 0 aliphatic heterocycles. The largest absolute Gasteiger partial charge is 0.489 e. The average Bonchev–Trinajstić information content (AvgIpc) is 3.20. The number of hydrogen-bond acceptors (Lipinski definition) is 3. The third kappa shape index (κ3) is 5.86. The Balaban J connectivity index is 1.40. The minimum Gasteiger partial charge on any atom is -0.489 e. The first kappa shape index (κ1) is 22.3. The van der Waals surface area contributed by atoms with E-state index in [4.69, 9.17) is 9.84 Å². The van der Waals surface area contributed by atoms with Gasteiger partial charge in [0.15, 0.2) is 0 Å². The molecule has 3 aromatic carbocycles. The van der Waals surface area contributed by atoms with E-state index in [-0.39, 0.29) is 18.2 Å². The first-order chi connectivity index (χ1) is 16.0. The number of hydrogen-bond donors (Lipinski definition) is 1. The molecule has 168 valence electrons. The fourth-order valence-electron chi connectivity index (χ4n) is 3.76. The fraction of sp³-hybridized carbons (Fsp3) is 0.185.